The molecule has 0 aromatic heterocycles. The van der Waals surface area contributed by atoms with Gasteiger partial charge in [-0.3, -0.25) is 9.59 Å². The van der Waals surface area contributed by atoms with Crippen LogP contribution in [0.2, 0.25) is 0 Å². The molecule has 0 aliphatic rings. The average molecular weight is 310 g/mol. The maximum absolute atomic E-state index is 13.2. The molecule has 2 atom stereocenters. The van der Waals surface area contributed by atoms with Crippen molar-refractivity contribution < 1.29 is 18.4 Å². The molecule has 2 unspecified atom stereocenters. The van der Waals surface area contributed by atoms with Crippen molar-refractivity contribution >= 4 is 40.7 Å². The molecule has 0 heterocycles. The van der Waals surface area contributed by atoms with Crippen molar-refractivity contribution in [3.05, 3.63) is 59.2 Å². The molecule has 0 saturated carbocycles. The Bertz CT molecular complexity index is 612. The maximum atomic E-state index is 13.2. The van der Waals surface area contributed by atoms with Crippen LogP contribution in [0, 0.1) is 11.6 Å². The van der Waals surface area contributed by atoms with Gasteiger partial charge in [-0.2, -0.15) is 0 Å². The summed E-state index contributed by atoms with van der Waals surface area (Å²) < 4.78 is 26.5. The monoisotopic (exact) mass is 310 g/mol. The molecule has 2 nitrogen and oxygen atoms in total. The highest BCUT2D eigenvalue weighted by Crippen LogP contribution is 2.11. The van der Waals surface area contributed by atoms with Crippen LogP contribution in [0.1, 0.15) is 20.7 Å². The number of ketones is 2. The van der Waals surface area contributed by atoms with Gasteiger partial charge in [0.15, 0.2) is 0 Å². The predicted octanol–water partition coefficient (Wildman–Crippen LogP) is 2.03. The molecular formula is C14H10F2O2P2. The lowest BCUT2D eigenvalue weighted by atomic mass is 10.0. The van der Waals surface area contributed by atoms with Gasteiger partial charge in [0.25, 0.3) is 0 Å². The molecular weight excluding hydrogens is 300 g/mol. The number of benzene rings is 2. The second kappa shape index (κ2) is 5.87. The van der Waals surface area contributed by atoms with E-state index in [1.165, 1.54) is 24.3 Å². The minimum Gasteiger partial charge on any atom is -0.285 e. The van der Waals surface area contributed by atoms with Gasteiger partial charge < -0.3 is 0 Å². The minimum atomic E-state index is -0.872. The third-order valence-electron chi connectivity index (χ3n) is 2.57. The van der Waals surface area contributed by atoms with Gasteiger partial charge in [-0.15, -0.1) is 18.5 Å². The Morgan fingerprint density at radius 2 is 1.05 bits per heavy atom. The summed E-state index contributed by atoms with van der Waals surface area (Å²) in [5, 5.41) is 0.902. The molecule has 2 rings (SSSR count). The van der Waals surface area contributed by atoms with E-state index < -0.39 is 23.2 Å². The molecule has 0 amide bonds. The summed E-state index contributed by atoms with van der Waals surface area (Å²) in [6.07, 6.45) is 0. The highest BCUT2D eigenvalue weighted by Gasteiger charge is 2.20. The molecule has 2 aromatic carbocycles. The predicted molar refractivity (Wildman–Crippen MR) is 80.1 cm³/mol. The molecule has 6 heteroatoms. The topological polar surface area (TPSA) is 34.1 Å². The van der Waals surface area contributed by atoms with Gasteiger partial charge in [0, 0.05) is 11.1 Å². The lowest BCUT2D eigenvalue weighted by Gasteiger charge is -2.04. The Hall–Kier alpha value is -1.50. The fraction of sp³-hybridized carbons (Fsp3) is 0. The van der Waals surface area contributed by atoms with E-state index in [9.17, 15) is 18.4 Å². The molecule has 102 valence electrons. The first kappa shape index (κ1) is 14.9. The number of hydrogen-bond acceptors (Lipinski definition) is 2. The van der Waals surface area contributed by atoms with Crippen LogP contribution in [0.25, 0.3) is 0 Å². The van der Waals surface area contributed by atoms with E-state index in [0.29, 0.717) is 10.6 Å². The smallest absolute Gasteiger partial charge is 0.233 e. The molecule has 0 saturated heterocycles. The first-order valence-corrected chi connectivity index (χ1v) is 6.73. The lowest BCUT2D eigenvalue weighted by Crippen LogP contribution is -2.17. The van der Waals surface area contributed by atoms with Gasteiger partial charge in [0.2, 0.25) is 11.6 Å². The van der Waals surface area contributed by atoms with Crippen LogP contribution in [0.3, 0.4) is 0 Å². The molecule has 0 radical (unpaired) electrons. The summed E-state index contributed by atoms with van der Waals surface area (Å²) in [6.45, 7) is 0. The van der Waals surface area contributed by atoms with Crippen molar-refractivity contribution in [2.24, 2.45) is 0 Å². The Morgan fingerprint density at radius 1 is 0.700 bits per heavy atom. The largest absolute Gasteiger partial charge is 0.285 e. The van der Waals surface area contributed by atoms with Gasteiger partial charge in [-0.25, -0.2) is 8.78 Å². The number of halogens is 2. The van der Waals surface area contributed by atoms with Crippen molar-refractivity contribution in [1.29, 1.82) is 0 Å². The van der Waals surface area contributed by atoms with Crippen LogP contribution in [0.15, 0.2) is 36.4 Å². The first-order chi connectivity index (χ1) is 9.36. The second-order valence-electron chi connectivity index (χ2n) is 4.20. The normalized spacial score (nSPS) is 10.4. The summed E-state index contributed by atoms with van der Waals surface area (Å²) in [5.74, 6) is -2.97. The Kier molecular flexibility index (Phi) is 4.37. The Morgan fingerprint density at radius 3 is 1.35 bits per heavy atom. The zero-order chi connectivity index (χ0) is 14.9. The summed E-state index contributed by atoms with van der Waals surface area (Å²) in [7, 11) is 4.50. The minimum absolute atomic E-state index is 0.0606. The molecule has 0 spiro atoms. The zero-order valence-electron chi connectivity index (χ0n) is 10.2. The molecule has 20 heavy (non-hydrogen) atoms. The van der Waals surface area contributed by atoms with Crippen LogP contribution >= 0.6 is 18.5 Å². The Labute approximate surface area is 119 Å². The number of rotatable bonds is 3. The van der Waals surface area contributed by atoms with E-state index in [1.807, 2.05) is 0 Å². The van der Waals surface area contributed by atoms with Crippen molar-refractivity contribution in [1.82, 2.24) is 0 Å². The van der Waals surface area contributed by atoms with E-state index >= 15 is 0 Å². The quantitative estimate of drug-likeness (QED) is 0.494. The molecule has 0 fully saturated rings. The van der Waals surface area contributed by atoms with Gasteiger partial charge in [0.1, 0.15) is 11.6 Å². The van der Waals surface area contributed by atoms with E-state index in [0.717, 1.165) is 12.1 Å². The molecule has 0 bridgehead atoms. The van der Waals surface area contributed by atoms with E-state index in [-0.39, 0.29) is 11.1 Å². The van der Waals surface area contributed by atoms with Gasteiger partial charge in [0.05, 0.1) is 0 Å². The molecule has 0 aliphatic carbocycles. The van der Waals surface area contributed by atoms with E-state index in [4.69, 9.17) is 0 Å². The van der Waals surface area contributed by atoms with Crippen molar-refractivity contribution in [2.45, 2.75) is 0 Å². The summed E-state index contributed by atoms with van der Waals surface area (Å²) in [4.78, 5) is 24.0. The summed E-state index contributed by atoms with van der Waals surface area (Å²) >= 11 is 0. The third kappa shape index (κ3) is 3.33. The number of carbonyl (C=O) groups is 2. The number of Topliss-reactive ketones (excluding diaryl/α,β-unsaturated/α-hetero) is 2. The van der Waals surface area contributed by atoms with Crippen molar-refractivity contribution in [3.8, 4) is 0 Å². The number of hydrogen-bond donors (Lipinski definition) is 0. The van der Waals surface area contributed by atoms with Crippen LogP contribution in [-0.4, -0.2) is 11.6 Å². The van der Waals surface area contributed by atoms with Crippen LogP contribution in [0.5, 0.6) is 0 Å². The molecule has 0 aliphatic heterocycles. The Balaban J connectivity index is 2.39. The highest BCUT2D eigenvalue weighted by atomic mass is 31.0. The van der Waals surface area contributed by atoms with Crippen molar-refractivity contribution in [2.75, 3.05) is 0 Å². The molecule has 2 aromatic rings. The van der Waals surface area contributed by atoms with Crippen LogP contribution in [0.4, 0.5) is 8.78 Å². The number of carbonyl (C=O) groups excluding carboxylic acids is 2. The maximum Gasteiger partial charge on any atom is 0.233 e. The highest BCUT2D eigenvalue weighted by molar-refractivity contribution is 7.27. The fourth-order valence-electron chi connectivity index (χ4n) is 1.75. The fourth-order valence-corrected chi connectivity index (χ4v) is 2.43. The third-order valence-corrected chi connectivity index (χ3v) is 3.24. The van der Waals surface area contributed by atoms with Crippen LogP contribution in [-0.2, 0) is 0 Å². The molecule has 0 N–H and O–H groups in total. The standard InChI is InChI=1S/C14H10F2O2P2/c15-9-1-7(3-11(19)5-9)13(17)14(18)8-2-10(16)6-12(20)4-8/h1-6H,19-20H2. The van der Waals surface area contributed by atoms with E-state index in [2.05, 4.69) is 18.5 Å². The first-order valence-electron chi connectivity index (χ1n) is 5.58. The van der Waals surface area contributed by atoms with Crippen LogP contribution < -0.4 is 10.6 Å². The van der Waals surface area contributed by atoms with Crippen molar-refractivity contribution in [3.63, 3.8) is 0 Å². The SMILES string of the molecule is O=C(C(=O)c1cc(F)cc(P)c1)c1cc(F)cc(P)c1. The zero-order valence-corrected chi connectivity index (χ0v) is 12.5. The van der Waals surface area contributed by atoms with Gasteiger partial charge in [-0.1, -0.05) is 0 Å². The average Bonchev–Trinajstić information content (AvgIpc) is 2.34. The summed E-state index contributed by atoms with van der Waals surface area (Å²) in [6, 6.07) is 7.16. The van der Waals surface area contributed by atoms with Gasteiger partial charge >= 0.3 is 0 Å². The lowest BCUT2D eigenvalue weighted by molar-refractivity contribution is 0.0816. The van der Waals surface area contributed by atoms with E-state index in [1.54, 1.807) is 0 Å². The second-order valence-corrected chi connectivity index (χ2v) is 5.54. The van der Waals surface area contributed by atoms with Gasteiger partial charge in [-0.05, 0) is 47.0 Å². The summed E-state index contributed by atoms with van der Waals surface area (Å²) in [5.41, 5.74) is -0.121.